The van der Waals surface area contributed by atoms with Gasteiger partial charge >= 0.3 is 0 Å². The predicted molar refractivity (Wildman–Crippen MR) is 54.3 cm³/mol. The van der Waals surface area contributed by atoms with E-state index in [0.717, 1.165) is 17.8 Å². The van der Waals surface area contributed by atoms with E-state index in [9.17, 15) is 0 Å². The number of hydrogen-bond acceptors (Lipinski definition) is 1. The SMILES string of the molecule is C=C/C(=C\C#CC)NC(=C)CC. The van der Waals surface area contributed by atoms with Crippen molar-refractivity contribution in [1.82, 2.24) is 5.32 Å². The molecule has 0 spiro atoms. The molecule has 0 bridgehead atoms. The summed E-state index contributed by atoms with van der Waals surface area (Å²) >= 11 is 0. The van der Waals surface area contributed by atoms with Gasteiger partial charge in [-0.15, -0.1) is 5.92 Å². The van der Waals surface area contributed by atoms with E-state index in [4.69, 9.17) is 0 Å². The van der Waals surface area contributed by atoms with Crippen LogP contribution in [0, 0.1) is 11.8 Å². The molecule has 0 saturated heterocycles. The molecule has 0 fully saturated rings. The van der Waals surface area contributed by atoms with E-state index >= 15 is 0 Å². The standard InChI is InChI=1S/C11H15N/c1-5-8-9-11(7-3)12-10(4)6-2/h7,9,12H,3-4,6H2,1-2H3/b11-9+. The van der Waals surface area contributed by atoms with Gasteiger partial charge in [0.25, 0.3) is 0 Å². The summed E-state index contributed by atoms with van der Waals surface area (Å²) in [6, 6.07) is 0. The van der Waals surface area contributed by atoms with Crippen molar-refractivity contribution in [3.8, 4) is 11.8 Å². The molecule has 1 N–H and O–H groups in total. The van der Waals surface area contributed by atoms with Crippen LogP contribution in [-0.4, -0.2) is 0 Å². The first kappa shape index (κ1) is 10.6. The maximum Gasteiger partial charge on any atom is 0.0460 e. The molecule has 0 atom stereocenters. The Kier molecular flexibility index (Phi) is 5.55. The van der Waals surface area contributed by atoms with Crippen molar-refractivity contribution >= 4 is 0 Å². The molecular weight excluding hydrogens is 146 g/mol. The van der Waals surface area contributed by atoms with Crippen LogP contribution in [0.5, 0.6) is 0 Å². The molecule has 0 aromatic heterocycles. The lowest BCUT2D eigenvalue weighted by atomic mass is 10.3. The Morgan fingerprint density at radius 1 is 1.58 bits per heavy atom. The van der Waals surface area contributed by atoms with Crippen LogP contribution in [0.1, 0.15) is 20.3 Å². The van der Waals surface area contributed by atoms with E-state index in [1.165, 1.54) is 0 Å². The summed E-state index contributed by atoms with van der Waals surface area (Å²) in [6.07, 6.45) is 4.42. The number of rotatable bonds is 4. The molecule has 0 saturated carbocycles. The maximum absolute atomic E-state index is 3.82. The molecule has 1 nitrogen and oxygen atoms in total. The summed E-state index contributed by atoms with van der Waals surface area (Å²) in [4.78, 5) is 0. The Bertz CT molecular complexity index is 248. The smallest absolute Gasteiger partial charge is 0.0460 e. The van der Waals surface area contributed by atoms with Gasteiger partial charge in [-0.05, 0) is 19.4 Å². The summed E-state index contributed by atoms with van der Waals surface area (Å²) in [6.45, 7) is 11.3. The Morgan fingerprint density at radius 2 is 2.25 bits per heavy atom. The predicted octanol–water partition coefficient (Wildman–Crippen LogP) is 2.59. The molecule has 0 aliphatic heterocycles. The third-order valence-corrected chi connectivity index (χ3v) is 1.34. The topological polar surface area (TPSA) is 12.0 Å². The van der Waals surface area contributed by atoms with Crippen molar-refractivity contribution in [2.75, 3.05) is 0 Å². The van der Waals surface area contributed by atoms with Crippen LogP contribution in [0.3, 0.4) is 0 Å². The highest BCUT2D eigenvalue weighted by Gasteiger charge is 1.90. The molecule has 0 heterocycles. The second-order valence-corrected chi connectivity index (χ2v) is 2.28. The molecule has 0 aromatic rings. The van der Waals surface area contributed by atoms with Gasteiger partial charge < -0.3 is 5.32 Å². The van der Waals surface area contributed by atoms with Crippen molar-refractivity contribution in [2.24, 2.45) is 0 Å². The maximum atomic E-state index is 3.82. The normalized spacial score (nSPS) is 9.67. The molecule has 0 radical (unpaired) electrons. The fourth-order valence-corrected chi connectivity index (χ4v) is 0.588. The number of hydrogen-bond donors (Lipinski definition) is 1. The fourth-order valence-electron chi connectivity index (χ4n) is 0.588. The molecule has 0 amide bonds. The summed E-state index contributed by atoms with van der Waals surface area (Å²) < 4.78 is 0. The van der Waals surface area contributed by atoms with Crippen molar-refractivity contribution in [3.05, 3.63) is 36.7 Å². The second kappa shape index (κ2) is 6.30. The number of allylic oxidation sites excluding steroid dienone is 3. The van der Waals surface area contributed by atoms with Crippen LogP contribution >= 0.6 is 0 Å². The van der Waals surface area contributed by atoms with Crippen LogP contribution in [0.25, 0.3) is 0 Å². The largest absolute Gasteiger partial charge is 0.359 e. The summed E-state index contributed by atoms with van der Waals surface area (Å²) in [5.41, 5.74) is 1.87. The zero-order chi connectivity index (χ0) is 9.40. The zero-order valence-corrected chi connectivity index (χ0v) is 7.78. The lowest BCUT2D eigenvalue weighted by Gasteiger charge is -2.05. The van der Waals surface area contributed by atoms with Gasteiger partial charge in [-0.3, -0.25) is 0 Å². The van der Waals surface area contributed by atoms with Crippen LogP contribution in [-0.2, 0) is 0 Å². The fraction of sp³-hybridized carbons (Fsp3) is 0.273. The monoisotopic (exact) mass is 161 g/mol. The first-order valence-electron chi connectivity index (χ1n) is 3.94. The van der Waals surface area contributed by atoms with Crippen LogP contribution in [0.15, 0.2) is 36.7 Å². The highest BCUT2D eigenvalue weighted by Crippen LogP contribution is 1.97. The quantitative estimate of drug-likeness (QED) is 0.493. The van der Waals surface area contributed by atoms with E-state index < -0.39 is 0 Å². The number of nitrogens with one attached hydrogen (secondary N) is 1. The first-order valence-corrected chi connectivity index (χ1v) is 3.94. The zero-order valence-electron chi connectivity index (χ0n) is 7.78. The third kappa shape index (κ3) is 4.40. The van der Waals surface area contributed by atoms with Gasteiger partial charge in [-0.2, -0.15) is 0 Å². The summed E-state index contributed by atoms with van der Waals surface area (Å²) in [5.74, 6) is 5.62. The van der Waals surface area contributed by atoms with Gasteiger partial charge in [-0.1, -0.05) is 26.0 Å². The minimum atomic E-state index is 0.899. The van der Waals surface area contributed by atoms with E-state index in [2.05, 4.69) is 30.3 Å². The minimum absolute atomic E-state index is 0.899. The van der Waals surface area contributed by atoms with Crippen molar-refractivity contribution in [3.63, 3.8) is 0 Å². The molecule has 0 aliphatic carbocycles. The van der Waals surface area contributed by atoms with Crippen molar-refractivity contribution in [1.29, 1.82) is 0 Å². The summed E-state index contributed by atoms with van der Waals surface area (Å²) in [5, 5.41) is 3.10. The van der Waals surface area contributed by atoms with Crippen LogP contribution < -0.4 is 5.32 Å². The molecule has 0 aromatic carbocycles. The van der Waals surface area contributed by atoms with E-state index in [-0.39, 0.29) is 0 Å². The van der Waals surface area contributed by atoms with Gasteiger partial charge in [0.2, 0.25) is 0 Å². The minimum Gasteiger partial charge on any atom is -0.359 e. The van der Waals surface area contributed by atoms with Crippen molar-refractivity contribution < 1.29 is 0 Å². The Balaban J connectivity index is 4.23. The first-order chi connectivity index (χ1) is 5.74. The highest BCUT2D eigenvalue weighted by atomic mass is 14.9. The van der Waals surface area contributed by atoms with Gasteiger partial charge in [0, 0.05) is 17.5 Å². The summed E-state index contributed by atoms with van der Waals surface area (Å²) in [7, 11) is 0. The van der Waals surface area contributed by atoms with E-state index in [1.54, 1.807) is 19.1 Å². The van der Waals surface area contributed by atoms with E-state index in [1.807, 2.05) is 6.92 Å². The second-order valence-electron chi connectivity index (χ2n) is 2.28. The molecule has 64 valence electrons. The molecule has 0 unspecified atom stereocenters. The Morgan fingerprint density at radius 3 is 2.67 bits per heavy atom. The van der Waals surface area contributed by atoms with E-state index in [0.29, 0.717) is 0 Å². The average molecular weight is 161 g/mol. The van der Waals surface area contributed by atoms with Gasteiger partial charge in [0.15, 0.2) is 0 Å². The third-order valence-electron chi connectivity index (χ3n) is 1.34. The van der Waals surface area contributed by atoms with Gasteiger partial charge in [-0.25, -0.2) is 0 Å². The van der Waals surface area contributed by atoms with Crippen LogP contribution in [0.4, 0.5) is 0 Å². The molecule has 0 aliphatic rings. The molecule has 0 rings (SSSR count). The average Bonchev–Trinajstić information content (AvgIpc) is 2.11. The molecular formula is C11H15N. The van der Waals surface area contributed by atoms with Gasteiger partial charge in [0.1, 0.15) is 0 Å². The Labute approximate surface area is 74.9 Å². The highest BCUT2D eigenvalue weighted by molar-refractivity contribution is 5.28. The molecule has 1 heteroatoms. The lowest BCUT2D eigenvalue weighted by Crippen LogP contribution is -2.08. The van der Waals surface area contributed by atoms with Crippen molar-refractivity contribution in [2.45, 2.75) is 20.3 Å². The lowest BCUT2D eigenvalue weighted by molar-refractivity contribution is 0.921. The Hall–Kier alpha value is -1.42. The molecule has 12 heavy (non-hydrogen) atoms. The van der Waals surface area contributed by atoms with Gasteiger partial charge in [0.05, 0.1) is 0 Å². The van der Waals surface area contributed by atoms with Crippen LogP contribution in [0.2, 0.25) is 0 Å².